The lowest BCUT2D eigenvalue weighted by Crippen LogP contribution is -2.07. The fraction of sp³-hybridized carbons (Fsp3) is 0.381. The van der Waals surface area contributed by atoms with E-state index in [4.69, 9.17) is 4.74 Å². The minimum Gasteiger partial charge on any atom is -0.494 e. The molecule has 132 valence electrons. The number of rotatable bonds is 8. The highest BCUT2D eigenvalue weighted by Gasteiger charge is 2.09. The Morgan fingerprint density at radius 1 is 1.04 bits per heavy atom. The number of ether oxygens (including phenoxy) is 1. The molecule has 2 aromatic carbocycles. The summed E-state index contributed by atoms with van der Waals surface area (Å²) in [6.07, 6.45) is 2.59. The van der Waals surface area contributed by atoms with Crippen LogP contribution in [0.5, 0.6) is 5.75 Å². The van der Waals surface area contributed by atoms with Crippen molar-refractivity contribution in [2.75, 3.05) is 13.2 Å². The molecule has 3 rings (SSSR count). The fourth-order valence-electron chi connectivity index (χ4n) is 3.03. The number of hydrogen-bond donors (Lipinski definition) is 1. The Balaban J connectivity index is 1.56. The molecule has 0 aliphatic heterocycles. The molecule has 4 heteroatoms. The lowest BCUT2D eigenvalue weighted by Gasteiger charge is -2.10. The Labute approximate surface area is 149 Å². The van der Waals surface area contributed by atoms with Gasteiger partial charge in [0.25, 0.3) is 0 Å². The molecule has 0 saturated carbocycles. The summed E-state index contributed by atoms with van der Waals surface area (Å²) in [4.78, 5) is 4.64. The second-order valence-corrected chi connectivity index (χ2v) is 6.44. The smallest absolute Gasteiger partial charge is 0.119 e. The molecule has 0 aliphatic carbocycles. The third-order valence-corrected chi connectivity index (χ3v) is 4.59. The van der Waals surface area contributed by atoms with Crippen LogP contribution in [0, 0.1) is 13.8 Å². The van der Waals surface area contributed by atoms with Crippen LogP contribution in [0.2, 0.25) is 0 Å². The van der Waals surface area contributed by atoms with Crippen molar-refractivity contribution < 1.29 is 9.84 Å². The first-order valence-electron chi connectivity index (χ1n) is 8.94. The average molecular weight is 338 g/mol. The molecular weight excluding hydrogens is 312 g/mol. The first-order chi connectivity index (χ1) is 12.2. The monoisotopic (exact) mass is 338 g/mol. The quantitative estimate of drug-likeness (QED) is 0.630. The molecule has 4 nitrogen and oxygen atoms in total. The lowest BCUT2D eigenvalue weighted by molar-refractivity contribution is 0.292. The number of para-hydroxylation sites is 2. The normalized spacial score (nSPS) is 11.2. The summed E-state index contributed by atoms with van der Waals surface area (Å²) in [6.45, 7) is 5.95. The number of nitrogens with zero attached hydrogens (tertiary/aromatic N) is 2. The molecule has 0 radical (unpaired) electrons. The van der Waals surface area contributed by atoms with Crippen LogP contribution in [0.4, 0.5) is 0 Å². The van der Waals surface area contributed by atoms with E-state index in [1.165, 1.54) is 11.1 Å². The summed E-state index contributed by atoms with van der Waals surface area (Å²) in [5.41, 5.74) is 4.69. The van der Waals surface area contributed by atoms with Gasteiger partial charge in [-0.2, -0.15) is 0 Å². The molecule has 0 spiro atoms. The first kappa shape index (κ1) is 17.5. The van der Waals surface area contributed by atoms with E-state index in [9.17, 15) is 5.11 Å². The van der Waals surface area contributed by atoms with Crippen LogP contribution >= 0.6 is 0 Å². The highest BCUT2D eigenvalue weighted by Crippen LogP contribution is 2.19. The van der Waals surface area contributed by atoms with Crippen molar-refractivity contribution in [3.63, 3.8) is 0 Å². The molecule has 0 atom stereocenters. The predicted molar refractivity (Wildman–Crippen MR) is 101 cm³/mol. The largest absolute Gasteiger partial charge is 0.494 e. The minimum atomic E-state index is 0.124. The van der Waals surface area contributed by atoms with Crippen molar-refractivity contribution in [1.82, 2.24) is 9.55 Å². The number of aliphatic hydroxyl groups is 1. The van der Waals surface area contributed by atoms with Gasteiger partial charge in [0.05, 0.1) is 24.2 Å². The Hall–Kier alpha value is -2.33. The molecule has 25 heavy (non-hydrogen) atoms. The van der Waals surface area contributed by atoms with Crippen LogP contribution in [0.15, 0.2) is 42.5 Å². The molecule has 1 heterocycles. The molecule has 0 unspecified atom stereocenters. The third-order valence-electron chi connectivity index (χ3n) is 4.59. The van der Waals surface area contributed by atoms with Crippen LogP contribution in [0.3, 0.4) is 0 Å². The van der Waals surface area contributed by atoms with Crippen molar-refractivity contribution in [3.05, 3.63) is 59.4 Å². The van der Waals surface area contributed by atoms with Crippen LogP contribution in [-0.2, 0) is 13.0 Å². The number of benzene rings is 2. The molecule has 0 bridgehead atoms. The van der Waals surface area contributed by atoms with E-state index in [1.807, 2.05) is 24.3 Å². The second kappa shape index (κ2) is 8.17. The van der Waals surface area contributed by atoms with E-state index in [2.05, 4.69) is 41.6 Å². The molecular formula is C21H26N2O2. The summed E-state index contributed by atoms with van der Waals surface area (Å²) in [5, 5.41) is 9.27. The maximum absolute atomic E-state index is 9.27. The Morgan fingerprint density at radius 3 is 2.68 bits per heavy atom. The van der Waals surface area contributed by atoms with Gasteiger partial charge >= 0.3 is 0 Å². The van der Waals surface area contributed by atoms with Crippen LogP contribution < -0.4 is 4.74 Å². The van der Waals surface area contributed by atoms with Gasteiger partial charge in [-0.25, -0.2) is 4.98 Å². The van der Waals surface area contributed by atoms with Gasteiger partial charge in [0.2, 0.25) is 0 Å². The molecule has 1 N–H and O–H groups in total. The van der Waals surface area contributed by atoms with Gasteiger partial charge in [-0.3, -0.25) is 0 Å². The van der Waals surface area contributed by atoms with Crippen LogP contribution in [0.1, 0.15) is 29.8 Å². The lowest BCUT2D eigenvalue weighted by atomic mass is 10.1. The molecule has 1 aromatic heterocycles. The Morgan fingerprint density at radius 2 is 1.88 bits per heavy atom. The number of hydrogen-bond acceptors (Lipinski definition) is 3. The van der Waals surface area contributed by atoms with Crippen molar-refractivity contribution >= 4 is 11.0 Å². The van der Waals surface area contributed by atoms with Gasteiger partial charge < -0.3 is 14.4 Å². The summed E-state index contributed by atoms with van der Waals surface area (Å²) in [6, 6.07) is 14.4. The number of aliphatic hydroxyl groups excluding tert-OH is 1. The standard InChI is InChI=1S/C21H26N2O2/c1-16-9-10-18(15-17(16)2)25-14-6-5-12-23-20-8-4-3-7-19(20)22-21(23)11-13-24/h3-4,7-10,15,24H,5-6,11-14H2,1-2H3. The number of imidazole rings is 1. The SMILES string of the molecule is Cc1ccc(OCCCCn2c(CCO)nc3ccccc32)cc1C. The van der Waals surface area contributed by atoms with Crippen molar-refractivity contribution in [3.8, 4) is 5.75 Å². The molecule has 0 amide bonds. The molecule has 0 aliphatic rings. The third kappa shape index (κ3) is 4.20. The predicted octanol–water partition coefficient (Wildman–Crippen LogP) is 4.05. The van der Waals surface area contributed by atoms with Gasteiger partial charge in [0.15, 0.2) is 0 Å². The summed E-state index contributed by atoms with van der Waals surface area (Å²) in [7, 11) is 0. The van der Waals surface area contributed by atoms with E-state index in [1.54, 1.807) is 0 Å². The number of aromatic nitrogens is 2. The van der Waals surface area contributed by atoms with E-state index in [-0.39, 0.29) is 6.61 Å². The van der Waals surface area contributed by atoms with E-state index < -0.39 is 0 Å². The van der Waals surface area contributed by atoms with Gasteiger partial charge in [0, 0.05) is 13.0 Å². The topological polar surface area (TPSA) is 47.3 Å². The summed E-state index contributed by atoms with van der Waals surface area (Å²) >= 11 is 0. The molecule has 0 saturated heterocycles. The highest BCUT2D eigenvalue weighted by atomic mass is 16.5. The minimum absolute atomic E-state index is 0.124. The van der Waals surface area contributed by atoms with E-state index in [0.29, 0.717) is 13.0 Å². The second-order valence-electron chi connectivity index (χ2n) is 6.44. The molecule has 0 fully saturated rings. The van der Waals surface area contributed by atoms with Gasteiger partial charge in [-0.1, -0.05) is 18.2 Å². The first-order valence-corrected chi connectivity index (χ1v) is 8.94. The van der Waals surface area contributed by atoms with E-state index in [0.717, 1.165) is 42.0 Å². The maximum atomic E-state index is 9.27. The number of fused-ring (bicyclic) bond motifs is 1. The van der Waals surface area contributed by atoms with E-state index >= 15 is 0 Å². The van der Waals surface area contributed by atoms with Gasteiger partial charge in [-0.05, 0) is 62.1 Å². The fourth-order valence-corrected chi connectivity index (χ4v) is 3.03. The van der Waals surface area contributed by atoms with Crippen LogP contribution in [-0.4, -0.2) is 27.9 Å². The zero-order valence-corrected chi connectivity index (χ0v) is 15.0. The van der Waals surface area contributed by atoms with Crippen molar-refractivity contribution in [1.29, 1.82) is 0 Å². The highest BCUT2D eigenvalue weighted by molar-refractivity contribution is 5.75. The zero-order chi connectivity index (χ0) is 17.6. The van der Waals surface area contributed by atoms with Crippen molar-refractivity contribution in [2.45, 2.75) is 39.7 Å². The Bertz CT molecular complexity index is 839. The van der Waals surface area contributed by atoms with Gasteiger partial charge in [0.1, 0.15) is 11.6 Å². The Kier molecular flexibility index (Phi) is 5.71. The van der Waals surface area contributed by atoms with Gasteiger partial charge in [-0.15, -0.1) is 0 Å². The number of aryl methyl sites for hydroxylation is 3. The maximum Gasteiger partial charge on any atom is 0.119 e. The zero-order valence-electron chi connectivity index (χ0n) is 15.0. The number of unbranched alkanes of at least 4 members (excludes halogenated alkanes) is 1. The average Bonchev–Trinajstić information content (AvgIpc) is 2.95. The summed E-state index contributed by atoms with van der Waals surface area (Å²) < 4.78 is 8.09. The van der Waals surface area contributed by atoms with Crippen molar-refractivity contribution in [2.24, 2.45) is 0 Å². The summed E-state index contributed by atoms with van der Waals surface area (Å²) in [5.74, 6) is 1.90. The van der Waals surface area contributed by atoms with Crippen LogP contribution in [0.25, 0.3) is 11.0 Å². The molecule has 3 aromatic rings.